The summed E-state index contributed by atoms with van der Waals surface area (Å²) < 4.78 is 0. The predicted octanol–water partition coefficient (Wildman–Crippen LogP) is 2.96. The predicted molar refractivity (Wildman–Crippen MR) is 79.7 cm³/mol. The fourth-order valence-electron chi connectivity index (χ4n) is 2.08. The van der Waals surface area contributed by atoms with Crippen LogP contribution in [0.1, 0.15) is 15.9 Å². The molecule has 0 amide bonds. The second kappa shape index (κ2) is 6.05. The van der Waals surface area contributed by atoms with Crippen LogP contribution in [0.3, 0.4) is 0 Å². The summed E-state index contributed by atoms with van der Waals surface area (Å²) in [6, 6.07) is 11.4. The maximum Gasteiger partial charge on any atom is 0.168 e. The first-order valence-electron chi connectivity index (χ1n) is 6.60. The monoisotopic (exact) mass is 275 g/mol. The van der Waals surface area contributed by atoms with Crippen LogP contribution in [-0.2, 0) is 6.42 Å². The molecule has 0 aliphatic heterocycles. The number of ketones is 1. The summed E-state index contributed by atoms with van der Waals surface area (Å²) in [4.78, 5) is 24.1. The van der Waals surface area contributed by atoms with E-state index in [4.69, 9.17) is 0 Å². The first-order valence-corrected chi connectivity index (χ1v) is 6.60. The molecule has 0 bridgehead atoms. The standard InChI is InChI=1S/C17H13N3O/c21-17(15-2-1-7-18-9-15)8-13-3-5-14(6-4-13)16-10-19-12-20-11-16/h1-7,9-12H,8H2. The van der Waals surface area contributed by atoms with Crippen LogP contribution in [0, 0.1) is 0 Å². The fraction of sp³-hybridized carbons (Fsp3) is 0.0588. The Morgan fingerprint density at radius 1 is 0.857 bits per heavy atom. The zero-order valence-electron chi connectivity index (χ0n) is 11.3. The first-order chi connectivity index (χ1) is 10.3. The van der Waals surface area contributed by atoms with Crippen LogP contribution < -0.4 is 0 Å². The molecule has 0 atom stereocenters. The number of carbonyl (C=O) groups is 1. The van der Waals surface area contributed by atoms with Crippen molar-refractivity contribution < 1.29 is 4.79 Å². The van der Waals surface area contributed by atoms with Gasteiger partial charge in [-0.1, -0.05) is 24.3 Å². The van der Waals surface area contributed by atoms with E-state index in [-0.39, 0.29) is 5.78 Å². The van der Waals surface area contributed by atoms with E-state index in [0.29, 0.717) is 12.0 Å². The second-order valence-electron chi connectivity index (χ2n) is 4.67. The first kappa shape index (κ1) is 13.1. The van der Waals surface area contributed by atoms with Crippen LogP contribution >= 0.6 is 0 Å². The van der Waals surface area contributed by atoms with Crippen molar-refractivity contribution in [2.24, 2.45) is 0 Å². The molecule has 0 saturated heterocycles. The molecule has 1 aromatic carbocycles. The van der Waals surface area contributed by atoms with Gasteiger partial charge in [0.15, 0.2) is 5.78 Å². The number of rotatable bonds is 4. The smallest absolute Gasteiger partial charge is 0.168 e. The van der Waals surface area contributed by atoms with Crippen molar-refractivity contribution >= 4 is 5.78 Å². The van der Waals surface area contributed by atoms with Crippen LogP contribution in [0.4, 0.5) is 0 Å². The molecule has 2 aromatic heterocycles. The van der Waals surface area contributed by atoms with Crippen LogP contribution in [-0.4, -0.2) is 20.7 Å². The summed E-state index contributed by atoms with van der Waals surface area (Å²) in [5.74, 6) is 0.0684. The number of aromatic nitrogens is 3. The number of pyridine rings is 1. The maximum absolute atomic E-state index is 12.1. The van der Waals surface area contributed by atoms with E-state index in [9.17, 15) is 4.79 Å². The van der Waals surface area contributed by atoms with Gasteiger partial charge in [0, 0.05) is 42.3 Å². The minimum absolute atomic E-state index is 0.0684. The number of nitrogens with zero attached hydrogens (tertiary/aromatic N) is 3. The Balaban J connectivity index is 1.75. The van der Waals surface area contributed by atoms with Crippen molar-refractivity contribution in [2.75, 3.05) is 0 Å². The van der Waals surface area contributed by atoms with Crippen molar-refractivity contribution in [1.29, 1.82) is 0 Å². The van der Waals surface area contributed by atoms with Gasteiger partial charge in [-0.05, 0) is 23.3 Å². The van der Waals surface area contributed by atoms with Gasteiger partial charge in [-0.3, -0.25) is 9.78 Å². The number of benzene rings is 1. The molecule has 4 heteroatoms. The average Bonchev–Trinajstić information content (AvgIpc) is 2.57. The van der Waals surface area contributed by atoms with E-state index >= 15 is 0 Å². The minimum atomic E-state index is 0.0684. The van der Waals surface area contributed by atoms with E-state index < -0.39 is 0 Å². The lowest BCUT2D eigenvalue weighted by atomic mass is 10.0. The van der Waals surface area contributed by atoms with Crippen molar-refractivity contribution in [2.45, 2.75) is 6.42 Å². The second-order valence-corrected chi connectivity index (χ2v) is 4.67. The molecule has 2 heterocycles. The number of hydrogen-bond acceptors (Lipinski definition) is 4. The van der Waals surface area contributed by atoms with E-state index in [2.05, 4.69) is 15.0 Å². The molecule has 0 N–H and O–H groups in total. The molecule has 0 radical (unpaired) electrons. The molecule has 0 saturated carbocycles. The lowest BCUT2D eigenvalue weighted by Gasteiger charge is -2.04. The van der Waals surface area contributed by atoms with Crippen LogP contribution in [0.25, 0.3) is 11.1 Å². The Kier molecular flexibility index (Phi) is 3.78. The van der Waals surface area contributed by atoms with Gasteiger partial charge in [-0.15, -0.1) is 0 Å². The number of hydrogen-bond donors (Lipinski definition) is 0. The summed E-state index contributed by atoms with van der Waals surface area (Å²) in [6.45, 7) is 0. The number of carbonyl (C=O) groups excluding carboxylic acids is 1. The maximum atomic E-state index is 12.1. The quantitative estimate of drug-likeness (QED) is 0.687. The molecule has 0 unspecified atom stereocenters. The van der Waals surface area contributed by atoms with Gasteiger partial charge in [-0.2, -0.15) is 0 Å². The third-order valence-corrected chi connectivity index (χ3v) is 3.20. The van der Waals surface area contributed by atoms with E-state index in [1.807, 2.05) is 24.3 Å². The third-order valence-electron chi connectivity index (χ3n) is 3.20. The molecule has 102 valence electrons. The van der Waals surface area contributed by atoms with Gasteiger partial charge in [0.1, 0.15) is 6.33 Å². The Labute approximate surface area is 122 Å². The molecular formula is C17H13N3O. The van der Waals surface area contributed by atoms with Gasteiger partial charge in [-0.25, -0.2) is 9.97 Å². The highest BCUT2D eigenvalue weighted by atomic mass is 16.1. The highest BCUT2D eigenvalue weighted by Crippen LogP contribution is 2.18. The molecule has 0 fully saturated rings. The highest BCUT2D eigenvalue weighted by molar-refractivity contribution is 5.97. The Morgan fingerprint density at radius 3 is 2.29 bits per heavy atom. The molecule has 0 aliphatic rings. The van der Waals surface area contributed by atoms with Crippen molar-refractivity contribution in [3.63, 3.8) is 0 Å². The van der Waals surface area contributed by atoms with Gasteiger partial charge in [0.2, 0.25) is 0 Å². The lowest BCUT2D eigenvalue weighted by molar-refractivity contribution is 0.0992. The highest BCUT2D eigenvalue weighted by Gasteiger charge is 2.07. The summed E-state index contributed by atoms with van der Waals surface area (Å²) >= 11 is 0. The van der Waals surface area contributed by atoms with Gasteiger partial charge >= 0.3 is 0 Å². The van der Waals surface area contributed by atoms with E-state index in [1.165, 1.54) is 6.33 Å². The molecular weight excluding hydrogens is 262 g/mol. The normalized spacial score (nSPS) is 10.3. The summed E-state index contributed by atoms with van der Waals surface area (Å²) in [7, 11) is 0. The molecule has 21 heavy (non-hydrogen) atoms. The fourth-order valence-corrected chi connectivity index (χ4v) is 2.08. The van der Waals surface area contributed by atoms with Crippen LogP contribution in [0.2, 0.25) is 0 Å². The van der Waals surface area contributed by atoms with Gasteiger partial charge in [0.05, 0.1) is 0 Å². The van der Waals surface area contributed by atoms with E-state index in [1.54, 1.807) is 36.9 Å². The van der Waals surface area contributed by atoms with Gasteiger partial charge in [0.25, 0.3) is 0 Å². The average molecular weight is 275 g/mol. The van der Waals surface area contributed by atoms with Gasteiger partial charge < -0.3 is 0 Å². The molecule has 0 aliphatic carbocycles. The van der Waals surface area contributed by atoms with Crippen molar-refractivity contribution in [3.05, 3.63) is 78.6 Å². The summed E-state index contributed by atoms with van der Waals surface area (Å²) in [6.07, 6.45) is 8.67. The molecule has 3 aromatic rings. The minimum Gasteiger partial charge on any atom is -0.294 e. The summed E-state index contributed by atoms with van der Waals surface area (Å²) in [5, 5.41) is 0. The van der Waals surface area contributed by atoms with Crippen LogP contribution in [0.5, 0.6) is 0 Å². The van der Waals surface area contributed by atoms with Crippen LogP contribution in [0.15, 0.2) is 67.5 Å². The zero-order valence-corrected chi connectivity index (χ0v) is 11.3. The van der Waals surface area contributed by atoms with Crippen molar-refractivity contribution in [1.82, 2.24) is 15.0 Å². The topological polar surface area (TPSA) is 55.7 Å². The summed E-state index contributed by atoms with van der Waals surface area (Å²) in [5.41, 5.74) is 3.61. The third kappa shape index (κ3) is 3.17. The largest absolute Gasteiger partial charge is 0.294 e. The molecule has 0 spiro atoms. The Bertz CT molecular complexity index is 725. The van der Waals surface area contributed by atoms with Crippen molar-refractivity contribution in [3.8, 4) is 11.1 Å². The Hall–Kier alpha value is -2.88. The Morgan fingerprint density at radius 2 is 1.62 bits per heavy atom. The molecule has 3 rings (SSSR count). The molecule has 4 nitrogen and oxygen atoms in total. The van der Waals surface area contributed by atoms with E-state index in [0.717, 1.165) is 16.7 Å². The zero-order chi connectivity index (χ0) is 14.5. The SMILES string of the molecule is O=C(Cc1ccc(-c2cncnc2)cc1)c1cccnc1. The lowest BCUT2D eigenvalue weighted by Crippen LogP contribution is -2.03. The number of Topliss-reactive ketones (excluding diaryl/α,β-unsaturated/α-hetero) is 1.